The molecule has 5 aromatic heterocycles. The van der Waals surface area contributed by atoms with Crippen molar-refractivity contribution < 1.29 is 14.3 Å². The van der Waals surface area contributed by atoms with Gasteiger partial charge < -0.3 is 36.6 Å². The molecule has 8 aromatic rings. The zero-order chi connectivity index (χ0) is 48.3. The number of carbonyl (C=O) groups is 2. The summed E-state index contributed by atoms with van der Waals surface area (Å²) in [7, 11) is 0. The summed E-state index contributed by atoms with van der Waals surface area (Å²) in [5, 5.41) is 32.7. The number of amides is 2. The number of nitrogens with zero attached hydrogens (tertiary/aromatic N) is 10. The summed E-state index contributed by atoms with van der Waals surface area (Å²) in [5.74, 6) is 2.23. The van der Waals surface area contributed by atoms with Crippen LogP contribution in [0.1, 0.15) is 56.0 Å². The average molecular weight is 963 g/mol. The standard InChI is InChI=1S/C28H28N8O2.C24H22N8O.CH4/c1-19-16-21(26(37)30-19)17-22-18-29-36-25(22)33-27(34-28(36)31-23-10-6-3-7-11-23)32-24(20-8-4-2-5-9-20)35-12-14-38-15-13-35;1-15-11-16(24(33)27-15)12-17-14-26-32-22(29-19-3-4-19)13-21(30-23(17)32)28-18-5-7-20(8-6-18)31-10-2-9-25-31;/h2-11,17-18,24H,1,12-16H2,(H,30,37)(H2,31,32,33,34);2,5-10,12-14,19,29H,1,3-4,11H2,(H,27,33)(H,28,30);1H4/b21-17+;16-12+;. The van der Waals surface area contributed by atoms with Gasteiger partial charge in [0.15, 0.2) is 11.3 Å². The molecule has 6 N–H and O–H groups in total. The molecule has 19 nitrogen and oxygen atoms in total. The minimum absolute atomic E-state index is 0. The second-order valence-corrected chi connectivity index (χ2v) is 17.5. The van der Waals surface area contributed by atoms with Crippen molar-refractivity contribution in [1.29, 1.82) is 0 Å². The fraction of sp³-hybridized carbons (Fsp3) is 0.208. The van der Waals surface area contributed by atoms with Crippen molar-refractivity contribution >= 4 is 70.2 Å². The SMILES string of the molecule is C.C=C1C/C(=C\c2cnn3c(NC4CC4)cc(Nc4ccc(-n5cccn5)cc4)nc23)C(=O)N1.C=C1C/C(=C\c2cnn3c(Nc4ccccc4)nc(NC(c4ccccc4)N4CCOCC4)nc23)C(=O)N1. The van der Waals surface area contributed by atoms with Crippen molar-refractivity contribution in [1.82, 2.24) is 59.5 Å². The number of ether oxygens (including phenoxy) is 1. The molecule has 19 heteroatoms. The lowest BCUT2D eigenvalue weighted by Gasteiger charge is -2.35. The van der Waals surface area contributed by atoms with Crippen LogP contribution in [0.15, 0.2) is 158 Å². The molecule has 0 spiro atoms. The van der Waals surface area contributed by atoms with Gasteiger partial charge in [0.05, 0.1) is 31.3 Å². The number of morpholine rings is 1. The topological polar surface area (TPSA) is 210 Å². The highest BCUT2D eigenvalue weighted by Crippen LogP contribution is 2.31. The molecule has 4 fully saturated rings. The molecule has 72 heavy (non-hydrogen) atoms. The smallest absolute Gasteiger partial charge is 0.251 e. The number of anilines is 6. The lowest BCUT2D eigenvalue weighted by molar-refractivity contribution is -0.116. The van der Waals surface area contributed by atoms with Crippen LogP contribution in [0.25, 0.3) is 29.1 Å². The van der Waals surface area contributed by atoms with E-state index < -0.39 is 0 Å². The zero-order valence-corrected chi connectivity index (χ0v) is 38.6. The Balaban J connectivity index is 0.000000165. The van der Waals surface area contributed by atoms with E-state index in [1.165, 1.54) is 0 Å². The Labute approximate surface area is 415 Å². The molecule has 8 heterocycles. The number of benzene rings is 3. The summed E-state index contributed by atoms with van der Waals surface area (Å²) in [6, 6.07) is 32.3. The first-order chi connectivity index (χ1) is 34.8. The number of allylic oxidation sites excluding steroid dienone is 2. The van der Waals surface area contributed by atoms with Gasteiger partial charge >= 0.3 is 0 Å². The summed E-state index contributed by atoms with van der Waals surface area (Å²) < 4.78 is 10.8. The molecule has 3 aliphatic heterocycles. The minimum atomic E-state index is -0.152. The number of hydrogen-bond donors (Lipinski definition) is 6. The molecule has 1 atom stereocenters. The molecular weight excluding hydrogens is 909 g/mol. The summed E-state index contributed by atoms with van der Waals surface area (Å²) >= 11 is 0. The van der Waals surface area contributed by atoms with Crippen LogP contribution < -0.4 is 31.9 Å². The Morgan fingerprint density at radius 1 is 0.708 bits per heavy atom. The second kappa shape index (κ2) is 20.6. The minimum Gasteiger partial charge on any atom is -0.379 e. The van der Waals surface area contributed by atoms with E-state index >= 15 is 0 Å². The predicted octanol–water partition coefficient (Wildman–Crippen LogP) is 8.01. The van der Waals surface area contributed by atoms with Crippen molar-refractivity contribution in [2.24, 2.45) is 0 Å². The van der Waals surface area contributed by atoms with Gasteiger partial charge in [-0.05, 0) is 73.0 Å². The molecule has 0 bridgehead atoms. The van der Waals surface area contributed by atoms with Crippen LogP contribution in [-0.4, -0.2) is 93.0 Å². The number of nitrogens with one attached hydrogen (secondary N) is 6. The molecular formula is C53H54N16O3. The van der Waals surface area contributed by atoms with Crippen molar-refractivity contribution in [3.05, 3.63) is 174 Å². The van der Waals surface area contributed by atoms with Crippen molar-refractivity contribution in [3.8, 4) is 5.69 Å². The van der Waals surface area contributed by atoms with Gasteiger partial charge in [0, 0.05) is 95.5 Å². The second-order valence-electron chi connectivity index (χ2n) is 17.5. The Hall–Kier alpha value is -8.94. The van der Waals surface area contributed by atoms with Crippen LogP contribution >= 0.6 is 0 Å². The molecule has 3 saturated heterocycles. The third-order valence-corrected chi connectivity index (χ3v) is 12.2. The maximum atomic E-state index is 12.4. The van der Waals surface area contributed by atoms with Crippen LogP contribution in [0, 0.1) is 0 Å². The van der Waals surface area contributed by atoms with Gasteiger partial charge in [-0.1, -0.05) is 69.1 Å². The van der Waals surface area contributed by atoms with E-state index in [0.717, 1.165) is 59.9 Å². The highest BCUT2D eigenvalue weighted by Gasteiger charge is 2.27. The highest BCUT2D eigenvalue weighted by atomic mass is 16.5. The molecule has 3 aromatic carbocycles. The van der Waals surface area contributed by atoms with E-state index in [9.17, 15) is 9.59 Å². The van der Waals surface area contributed by atoms with E-state index in [1.54, 1.807) is 27.6 Å². The third-order valence-electron chi connectivity index (χ3n) is 12.2. The maximum absolute atomic E-state index is 12.4. The van der Waals surface area contributed by atoms with Crippen molar-refractivity contribution in [3.63, 3.8) is 0 Å². The zero-order valence-electron chi connectivity index (χ0n) is 38.6. The molecule has 4 aliphatic rings. The summed E-state index contributed by atoms with van der Waals surface area (Å²) in [4.78, 5) is 41.4. The quantitative estimate of drug-likeness (QED) is 0.0605. The Morgan fingerprint density at radius 3 is 1.94 bits per heavy atom. The van der Waals surface area contributed by atoms with Gasteiger partial charge in [-0.15, -0.1) is 0 Å². The molecule has 364 valence electrons. The van der Waals surface area contributed by atoms with Crippen LogP contribution in [0.2, 0.25) is 0 Å². The molecule has 1 unspecified atom stereocenters. The van der Waals surface area contributed by atoms with E-state index in [-0.39, 0.29) is 25.4 Å². The van der Waals surface area contributed by atoms with Gasteiger partial charge in [-0.25, -0.2) is 9.67 Å². The van der Waals surface area contributed by atoms with E-state index in [4.69, 9.17) is 19.7 Å². The fourth-order valence-corrected chi connectivity index (χ4v) is 8.52. The molecule has 1 saturated carbocycles. The largest absolute Gasteiger partial charge is 0.379 e. The third kappa shape index (κ3) is 10.5. The molecule has 1 aliphatic carbocycles. The lowest BCUT2D eigenvalue weighted by Crippen LogP contribution is -2.42. The number of carbonyl (C=O) groups excluding carboxylic acids is 2. The van der Waals surface area contributed by atoms with Gasteiger partial charge in [0.25, 0.3) is 11.8 Å². The van der Waals surface area contributed by atoms with Gasteiger partial charge in [-0.3, -0.25) is 14.5 Å². The highest BCUT2D eigenvalue weighted by molar-refractivity contribution is 6.03. The Kier molecular flexibility index (Phi) is 13.4. The van der Waals surface area contributed by atoms with Gasteiger partial charge in [0.2, 0.25) is 11.9 Å². The van der Waals surface area contributed by atoms with Gasteiger partial charge in [0.1, 0.15) is 17.8 Å². The number of fused-ring (bicyclic) bond motifs is 2. The first-order valence-electron chi connectivity index (χ1n) is 23.4. The van der Waals surface area contributed by atoms with Gasteiger partial charge in [-0.2, -0.15) is 34.3 Å². The van der Waals surface area contributed by atoms with E-state index in [0.29, 0.717) is 89.2 Å². The molecule has 0 radical (unpaired) electrons. The van der Waals surface area contributed by atoms with Crippen molar-refractivity contribution in [2.45, 2.75) is 45.3 Å². The number of para-hydroxylation sites is 1. The molecule has 2 amide bonds. The lowest BCUT2D eigenvalue weighted by atomic mass is 10.1. The van der Waals surface area contributed by atoms with E-state index in [1.807, 2.05) is 108 Å². The Bertz CT molecular complexity index is 3340. The van der Waals surface area contributed by atoms with Crippen LogP contribution in [0.4, 0.5) is 34.9 Å². The molecule has 12 rings (SSSR count). The average Bonchev–Trinajstić information content (AvgIpc) is 3.82. The Morgan fingerprint density at radius 2 is 1.33 bits per heavy atom. The maximum Gasteiger partial charge on any atom is 0.251 e. The van der Waals surface area contributed by atoms with Crippen LogP contribution in [-0.2, 0) is 14.3 Å². The van der Waals surface area contributed by atoms with Crippen LogP contribution in [0.3, 0.4) is 0 Å². The number of hydrogen-bond acceptors (Lipinski definition) is 14. The summed E-state index contributed by atoms with van der Waals surface area (Å²) in [5.41, 5.74) is 9.26. The number of aromatic nitrogens is 9. The number of rotatable bonds is 13. The monoisotopic (exact) mass is 962 g/mol. The first kappa shape index (κ1) is 46.8. The fourth-order valence-electron chi connectivity index (χ4n) is 8.52. The van der Waals surface area contributed by atoms with E-state index in [2.05, 4.69) is 77.4 Å². The van der Waals surface area contributed by atoms with Crippen LogP contribution in [0.5, 0.6) is 0 Å². The van der Waals surface area contributed by atoms with Crippen molar-refractivity contribution in [2.75, 3.05) is 47.6 Å². The summed E-state index contributed by atoms with van der Waals surface area (Å²) in [6.45, 7) is 10.6. The predicted molar refractivity (Wildman–Crippen MR) is 279 cm³/mol. The summed E-state index contributed by atoms with van der Waals surface area (Å²) in [6.07, 6.45) is 13.9. The normalized spacial score (nSPS) is 17.3. The first-order valence-corrected chi connectivity index (χ1v) is 23.4.